The third-order valence-corrected chi connectivity index (χ3v) is 2.62. The van der Waals surface area contributed by atoms with Crippen LogP contribution in [0.15, 0.2) is 0 Å². The van der Waals surface area contributed by atoms with Crippen LogP contribution >= 0.6 is 0 Å². The molecule has 2 atom stereocenters. The van der Waals surface area contributed by atoms with Gasteiger partial charge in [-0.05, 0) is 26.4 Å². The van der Waals surface area contributed by atoms with Crippen molar-refractivity contribution in [1.82, 2.24) is 10.2 Å². The molecule has 0 aromatic rings. The number of hydrogen-bond acceptors (Lipinski definition) is 3. The summed E-state index contributed by atoms with van der Waals surface area (Å²) in [7, 11) is 2.15. The first-order valence-corrected chi connectivity index (χ1v) is 6.32. The standard InChI is InChI=1S/C10H22N2O.C2H6/c1-3-4-5-12(2)8-9-6-10(13)7-11-9;1-2/h9-11,13H,3-8H2,1-2H3;1-2H3. The molecule has 2 N–H and O–H groups in total. The maximum atomic E-state index is 9.31. The first kappa shape index (κ1) is 14.9. The van der Waals surface area contributed by atoms with E-state index in [2.05, 4.69) is 24.2 Å². The zero-order valence-electron chi connectivity index (χ0n) is 10.8. The van der Waals surface area contributed by atoms with Crippen molar-refractivity contribution in [3.8, 4) is 0 Å². The summed E-state index contributed by atoms with van der Waals surface area (Å²) in [6, 6.07) is 0.497. The van der Waals surface area contributed by atoms with Crippen LogP contribution in [0.25, 0.3) is 0 Å². The van der Waals surface area contributed by atoms with Crippen LogP contribution in [0.1, 0.15) is 40.0 Å². The summed E-state index contributed by atoms with van der Waals surface area (Å²) < 4.78 is 0. The fraction of sp³-hybridized carbons (Fsp3) is 1.00. The number of nitrogens with one attached hydrogen (secondary N) is 1. The molecule has 0 aliphatic carbocycles. The lowest BCUT2D eigenvalue weighted by Gasteiger charge is -2.20. The largest absolute Gasteiger partial charge is 0.392 e. The molecule has 0 bridgehead atoms. The molecule has 0 aromatic carbocycles. The number of aliphatic hydroxyl groups excluding tert-OH is 1. The lowest BCUT2D eigenvalue weighted by atomic mass is 10.2. The van der Waals surface area contributed by atoms with Gasteiger partial charge in [0.05, 0.1) is 6.10 Å². The first-order valence-electron chi connectivity index (χ1n) is 6.32. The Balaban J connectivity index is 0.000000921. The number of nitrogens with zero attached hydrogens (tertiary/aromatic N) is 1. The van der Waals surface area contributed by atoms with Gasteiger partial charge in [0.1, 0.15) is 0 Å². The molecule has 1 fully saturated rings. The molecule has 1 rings (SSSR count). The Labute approximate surface area is 94.9 Å². The summed E-state index contributed by atoms with van der Waals surface area (Å²) in [6.45, 7) is 9.22. The van der Waals surface area contributed by atoms with Gasteiger partial charge in [-0.3, -0.25) is 0 Å². The number of β-amino-alcohol motifs (C(OH)–C–C–N with tert-alkyl or cyclic N) is 1. The van der Waals surface area contributed by atoms with E-state index < -0.39 is 0 Å². The third-order valence-electron chi connectivity index (χ3n) is 2.62. The van der Waals surface area contributed by atoms with Gasteiger partial charge in [-0.2, -0.15) is 0 Å². The van der Waals surface area contributed by atoms with Gasteiger partial charge >= 0.3 is 0 Å². The van der Waals surface area contributed by atoms with Gasteiger partial charge in [0.25, 0.3) is 0 Å². The molecule has 1 aliphatic rings. The second-order valence-electron chi connectivity index (χ2n) is 4.11. The Morgan fingerprint density at radius 3 is 2.53 bits per heavy atom. The molecule has 0 saturated carbocycles. The highest BCUT2D eigenvalue weighted by molar-refractivity contribution is 4.82. The van der Waals surface area contributed by atoms with Gasteiger partial charge in [-0.25, -0.2) is 0 Å². The maximum absolute atomic E-state index is 9.31. The van der Waals surface area contributed by atoms with Crippen LogP contribution < -0.4 is 5.32 Å². The molecule has 3 nitrogen and oxygen atoms in total. The minimum absolute atomic E-state index is 0.121. The maximum Gasteiger partial charge on any atom is 0.0680 e. The van der Waals surface area contributed by atoms with E-state index in [0.717, 1.165) is 19.5 Å². The number of likely N-dealkylation sites (N-methyl/N-ethyl adjacent to an activating group) is 1. The van der Waals surface area contributed by atoms with E-state index in [0.29, 0.717) is 6.04 Å². The summed E-state index contributed by atoms with van der Waals surface area (Å²) in [5, 5.41) is 12.6. The van der Waals surface area contributed by atoms with Crippen LogP contribution in [-0.2, 0) is 0 Å². The summed E-state index contributed by atoms with van der Waals surface area (Å²) in [4.78, 5) is 2.35. The molecule has 0 radical (unpaired) electrons. The van der Waals surface area contributed by atoms with E-state index in [4.69, 9.17) is 0 Å². The van der Waals surface area contributed by atoms with E-state index in [1.807, 2.05) is 13.8 Å². The van der Waals surface area contributed by atoms with E-state index in [1.165, 1.54) is 19.4 Å². The van der Waals surface area contributed by atoms with E-state index >= 15 is 0 Å². The molecule has 2 unspecified atom stereocenters. The Bertz CT molecular complexity index is 142. The van der Waals surface area contributed by atoms with Crippen molar-refractivity contribution < 1.29 is 5.11 Å². The molecular weight excluding hydrogens is 188 g/mol. The lowest BCUT2D eigenvalue weighted by molar-refractivity contribution is 0.189. The first-order chi connectivity index (χ1) is 7.22. The van der Waals surface area contributed by atoms with Crippen LogP contribution in [0.4, 0.5) is 0 Å². The molecule has 15 heavy (non-hydrogen) atoms. The third kappa shape index (κ3) is 6.88. The molecule has 3 heteroatoms. The van der Waals surface area contributed by atoms with Crippen LogP contribution in [0.3, 0.4) is 0 Å². The normalized spacial score (nSPS) is 25.2. The van der Waals surface area contributed by atoms with Crippen molar-refractivity contribution in [3.63, 3.8) is 0 Å². The summed E-state index contributed by atoms with van der Waals surface area (Å²) in [6.07, 6.45) is 3.32. The summed E-state index contributed by atoms with van der Waals surface area (Å²) in [5.74, 6) is 0. The zero-order chi connectivity index (χ0) is 11.7. The monoisotopic (exact) mass is 216 g/mol. The molecule has 92 valence electrons. The Hall–Kier alpha value is -0.120. The summed E-state index contributed by atoms with van der Waals surface area (Å²) >= 11 is 0. The van der Waals surface area contributed by atoms with Crippen molar-refractivity contribution in [2.45, 2.75) is 52.2 Å². The molecule has 0 amide bonds. The predicted octanol–water partition coefficient (Wildman–Crippen LogP) is 1.47. The Kier molecular flexibility index (Phi) is 9.06. The van der Waals surface area contributed by atoms with Gasteiger partial charge in [-0.15, -0.1) is 0 Å². The van der Waals surface area contributed by atoms with Gasteiger partial charge in [0.2, 0.25) is 0 Å². The number of hydrogen-bond donors (Lipinski definition) is 2. The molecular formula is C12H28N2O. The SMILES string of the molecule is CC.CCCCN(C)CC1CC(O)CN1. The van der Waals surface area contributed by atoms with E-state index in [1.54, 1.807) is 0 Å². The second-order valence-corrected chi connectivity index (χ2v) is 4.11. The van der Waals surface area contributed by atoms with Crippen LogP contribution in [0.2, 0.25) is 0 Å². The average Bonchev–Trinajstić information content (AvgIpc) is 2.64. The van der Waals surface area contributed by atoms with Crippen molar-refractivity contribution in [1.29, 1.82) is 0 Å². The quantitative estimate of drug-likeness (QED) is 0.730. The molecule has 1 aliphatic heterocycles. The van der Waals surface area contributed by atoms with Crippen molar-refractivity contribution in [2.75, 3.05) is 26.7 Å². The highest BCUT2D eigenvalue weighted by Crippen LogP contribution is 2.07. The molecule has 0 aromatic heterocycles. The predicted molar refractivity (Wildman–Crippen MR) is 66.2 cm³/mol. The van der Waals surface area contributed by atoms with Crippen molar-refractivity contribution in [2.24, 2.45) is 0 Å². The van der Waals surface area contributed by atoms with Crippen LogP contribution in [-0.4, -0.2) is 48.8 Å². The number of rotatable bonds is 5. The second kappa shape index (κ2) is 9.13. The average molecular weight is 216 g/mol. The lowest BCUT2D eigenvalue weighted by Crippen LogP contribution is -2.35. The smallest absolute Gasteiger partial charge is 0.0680 e. The van der Waals surface area contributed by atoms with Gasteiger partial charge in [0, 0.05) is 19.1 Å². The topological polar surface area (TPSA) is 35.5 Å². The Morgan fingerprint density at radius 2 is 2.07 bits per heavy atom. The highest BCUT2D eigenvalue weighted by atomic mass is 16.3. The van der Waals surface area contributed by atoms with Crippen molar-refractivity contribution >= 4 is 0 Å². The van der Waals surface area contributed by atoms with Gasteiger partial charge in [0.15, 0.2) is 0 Å². The Morgan fingerprint density at radius 1 is 1.40 bits per heavy atom. The van der Waals surface area contributed by atoms with Crippen LogP contribution in [0, 0.1) is 0 Å². The molecule has 1 saturated heterocycles. The van der Waals surface area contributed by atoms with E-state index in [9.17, 15) is 5.11 Å². The van der Waals surface area contributed by atoms with Gasteiger partial charge in [-0.1, -0.05) is 27.2 Å². The molecule has 0 spiro atoms. The fourth-order valence-corrected chi connectivity index (χ4v) is 1.83. The fourth-order valence-electron chi connectivity index (χ4n) is 1.83. The molecule has 1 heterocycles. The highest BCUT2D eigenvalue weighted by Gasteiger charge is 2.22. The zero-order valence-corrected chi connectivity index (χ0v) is 10.8. The van der Waals surface area contributed by atoms with Crippen LogP contribution in [0.5, 0.6) is 0 Å². The minimum atomic E-state index is -0.121. The number of aliphatic hydroxyl groups is 1. The van der Waals surface area contributed by atoms with Crippen molar-refractivity contribution in [3.05, 3.63) is 0 Å². The van der Waals surface area contributed by atoms with E-state index in [-0.39, 0.29) is 6.10 Å². The number of unbranched alkanes of at least 4 members (excludes halogenated alkanes) is 1. The summed E-state index contributed by atoms with van der Waals surface area (Å²) in [5.41, 5.74) is 0. The van der Waals surface area contributed by atoms with Gasteiger partial charge < -0.3 is 15.3 Å². The minimum Gasteiger partial charge on any atom is -0.392 e.